The van der Waals surface area contributed by atoms with Crippen molar-refractivity contribution in [2.75, 3.05) is 13.2 Å². The second-order valence-electron chi connectivity index (χ2n) is 3.81. The van der Waals surface area contributed by atoms with Crippen molar-refractivity contribution in [1.29, 1.82) is 0 Å². The van der Waals surface area contributed by atoms with Gasteiger partial charge in [-0.2, -0.15) is 0 Å². The van der Waals surface area contributed by atoms with Crippen molar-refractivity contribution in [2.45, 2.75) is 6.10 Å². The van der Waals surface area contributed by atoms with Crippen LogP contribution < -0.4 is 9.47 Å². The largest absolute Gasteiger partial charge is 0.486 e. The van der Waals surface area contributed by atoms with Crippen LogP contribution in [-0.4, -0.2) is 23.3 Å². The van der Waals surface area contributed by atoms with Crippen LogP contribution in [0.15, 0.2) is 24.4 Å². The molecular formula is C12H10ClNO3S. The van der Waals surface area contributed by atoms with Crippen LogP contribution in [0.5, 0.6) is 11.5 Å². The molecule has 0 amide bonds. The van der Waals surface area contributed by atoms with Gasteiger partial charge in [-0.25, -0.2) is 4.98 Å². The highest BCUT2D eigenvalue weighted by Crippen LogP contribution is 2.35. The smallest absolute Gasteiger partial charge is 0.161 e. The first-order chi connectivity index (χ1) is 8.74. The van der Waals surface area contributed by atoms with Crippen molar-refractivity contribution in [3.63, 3.8) is 0 Å². The highest BCUT2D eigenvalue weighted by molar-refractivity contribution is 7.15. The molecule has 1 aliphatic heterocycles. The predicted octanol–water partition coefficient (Wildman–Crippen LogP) is 2.65. The van der Waals surface area contributed by atoms with Crippen LogP contribution in [0, 0.1) is 0 Å². The summed E-state index contributed by atoms with van der Waals surface area (Å²) in [4.78, 5) is 4.07. The van der Waals surface area contributed by atoms with E-state index in [4.69, 9.17) is 21.1 Å². The zero-order valence-corrected chi connectivity index (χ0v) is 10.9. The Bertz CT molecular complexity index is 572. The van der Waals surface area contributed by atoms with Gasteiger partial charge < -0.3 is 14.6 Å². The maximum Gasteiger partial charge on any atom is 0.161 e. The van der Waals surface area contributed by atoms with Gasteiger partial charge in [0, 0.05) is 0 Å². The Morgan fingerprint density at radius 2 is 2.06 bits per heavy atom. The number of aliphatic hydroxyl groups is 1. The number of nitrogens with zero attached hydrogens (tertiary/aromatic N) is 1. The van der Waals surface area contributed by atoms with Crippen molar-refractivity contribution in [3.8, 4) is 11.5 Å². The number of halogens is 1. The normalized spacial score (nSPS) is 15.4. The zero-order valence-electron chi connectivity index (χ0n) is 9.30. The fourth-order valence-electron chi connectivity index (χ4n) is 1.77. The standard InChI is InChI=1S/C12H10ClNO3S/c13-10-6-14-12(18-10)11(15)7-1-2-8-9(5-7)17-4-3-16-8/h1-2,5-6,11,15H,3-4H2. The molecule has 0 saturated heterocycles. The number of benzene rings is 1. The van der Waals surface area contributed by atoms with Gasteiger partial charge in [0.2, 0.25) is 0 Å². The van der Waals surface area contributed by atoms with Gasteiger partial charge in [-0.15, -0.1) is 11.3 Å². The molecule has 1 N–H and O–H groups in total. The van der Waals surface area contributed by atoms with E-state index in [1.165, 1.54) is 17.5 Å². The number of hydrogen-bond donors (Lipinski definition) is 1. The summed E-state index contributed by atoms with van der Waals surface area (Å²) in [6.07, 6.45) is 0.737. The molecule has 94 valence electrons. The number of aromatic nitrogens is 1. The molecule has 2 aromatic rings. The number of thiazole rings is 1. The Morgan fingerprint density at radius 1 is 1.28 bits per heavy atom. The lowest BCUT2D eigenvalue weighted by Crippen LogP contribution is -2.15. The van der Waals surface area contributed by atoms with Crippen molar-refractivity contribution in [3.05, 3.63) is 39.3 Å². The lowest BCUT2D eigenvalue weighted by Gasteiger charge is -2.19. The third kappa shape index (κ3) is 2.16. The van der Waals surface area contributed by atoms with Crippen molar-refractivity contribution >= 4 is 22.9 Å². The van der Waals surface area contributed by atoms with E-state index in [1.54, 1.807) is 18.2 Å². The molecule has 1 aromatic heterocycles. The SMILES string of the molecule is OC(c1ccc2c(c1)OCCO2)c1ncc(Cl)s1. The van der Waals surface area contributed by atoms with Crippen molar-refractivity contribution in [1.82, 2.24) is 4.98 Å². The number of aliphatic hydroxyl groups excluding tert-OH is 1. The van der Waals surface area contributed by atoms with Crippen molar-refractivity contribution < 1.29 is 14.6 Å². The number of hydrogen-bond acceptors (Lipinski definition) is 5. The minimum Gasteiger partial charge on any atom is -0.486 e. The molecule has 1 aliphatic rings. The fraction of sp³-hybridized carbons (Fsp3) is 0.250. The van der Waals surface area contributed by atoms with E-state index < -0.39 is 6.10 Å². The third-order valence-corrected chi connectivity index (χ3v) is 3.78. The van der Waals surface area contributed by atoms with Crippen LogP contribution in [0.25, 0.3) is 0 Å². The van der Waals surface area contributed by atoms with E-state index in [-0.39, 0.29) is 0 Å². The molecule has 1 atom stereocenters. The summed E-state index contributed by atoms with van der Waals surface area (Å²) in [5, 5.41) is 10.8. The van der Waals surface area contributed by atoms with Crippen LogP contribution in [0.4, 0.5) is 0 Å². The maximum atomic E-state index is 10.2. The number of ether oxygens (including phenoxy) is 2. The molecule has 0 fully saturated rings. The monoisotopic (exact) mass is 283 g/mol. The first-order valence-corrected chi connectivity index (χ1v) is 6.62. The highest BCUT2D eigenvalue weighted by atomic mass is 35.5. The van der Waals surface area contributed by atoms with E-state index in [1.807, 2.05) is 0 Å². The Labute approximate surface area is 113 Å². The summed E-state index contributed by atoms with van der Waals surface area (Å²) in [6.45, 7) is 1.08. The van der Waals surface area contributed by atoms with Gasteiger partial charge in [-0.05, 0) is 17.7 Å². The molecule has 18 heavy (non-hydrogen) atoms. The fourth-order valence-corrected chi connectivity index (χ4v) is 2.71. The summed E-state index contributed by atoms with van der Waals surface area (Å²) >= 11 is 7.07. The minimum absolute atomic E-state index is 0.523. The van der Waals surface area contributed by atoms with E-state index in [9.17, 15) is 5.11 Å². The van der Waals surface area contributed by atoms with E-state index >= 15 is 0 Å². The summed E-state index contributed by atoms with van der Waals surface area (Å²) in [5.74, 6) is 1.36. The molecule has 6 heteroatoms. The number of fused-ring (bicyclic) bond motifs is 1. The molecule has 0 radical (unpaired) electrons. The minimum atomic E-state index is -0.793. The van der Waals surface area contributed by atoms with E-state index in [2.05, 4.69) is 4.98 Å². The van der Waals surface area contributed by atoms with Crippen LogP contribution in [0.2, 0.25) is 4.34 Å². The maximum absolute atomic E-state index is 10.2. The molecule has 4 nitrogen and oxygen atoms in total. The van der Waals surface area contributed by atoms with Gasteiger partial charge in [0.05, 0.1) is 6.20 Å². The lowest BCUT2D eigenvalue weighted by atomic mass is 10.1. The quantitative estimate of drug-likeness (QED) is 0.921. The van der Waals surface area contributed by atoms with Crippen LogP contribution >= 0.6 is 22.9 Å². The Hall–Kier alpha value is -1.30. The molecule has 1 unspecified atom stereocenters. The molecule has 0 saturated carbocycles. The van der Waals surface area contributed by atoms with Crippen LogP contribution in [-0.2, 0) is 0 Å². The Balaban J connectivity index is 1.92. The average Bonchev–Trinajstić information content (AvgIpc) is 2.84. The second kappa shape index (κ2) is 4.76. The molecule has 0 aliphatic carbocycles. The van der Waals surface area contributed by atoms with Crippen molar-refractivity contribution in [2.24, 2.45) is 0 Å². The molecule has 0 spiro atoms. The van der Waals surface area contributed by atoms with Gasteiger partial charge in [0.1, 0.15) is 28.7 Å². The van der Waals surface area contributed by atoms with Crippen LogP contribution in [0.1, 0.15) is 16.7 Å². The molecule has 2 heterocycles. The number of rotatable bonds is 2. The first kappa shape index (κ1) is 11.8. The van der Waals surface area contributed by atoms with E-state index in [0.29, 0.717) is 39.6 Å². The van der Waals surface area contributed by atoms with Gasteiger partial charge in [0.25, 0.3) is 0 Å². The zero-order chi connectivity index (χ0) is 12.5. The van der Waals surface area contributed by atoms with E-state index in [0.717, 1.165) is 0 Å². The summed E-state index contributed by atoms with van der Waals surface area (Å²) in [5.41, 5.74) is 0.713. The topological polar surface area (TPSA) is 51.6 Å². The molecule has 0 bridgehead atoms. The van der Waals surface area contributed by atoms with Gasteiger partial charge in [0.15, 0.2) is 11.5 Å². The molecule has 1 aromatic carbocycles. The summed E-state index contributed by atoms with van der Waals surface area (Å²) in [7, 11) is 0. The van der Waals surface area contributed by atoms with Gasteiger partial charge in [-0.1, -0.05) is 17.7 Å². The summed E-state index contributed by atoms with van der Waals surface area (Å²) in [6, 6.07) is 5.37. The Morgan fingerprint density at radius 3 is 2.78 bits per heavy atom. The predicted molar refractivity (Wildman–Crippen MR) is 68.6 cm³/mol. The summed E-state index contributed by atoms with van der Waals surface area (Å²) < 4.78 is 11.5. The van der Waals surface area contributed by atoms with Gasteiger partial charge in [-0.3, -0.25) is 0 Å². The molecular weight excluding hydrogens is 274 g/mol. The van der Waals surface area contributed by atoms with Gasteiger partial charge >= 0.3 is 0 Å². The first-order valence-electron chi connectivity index (χ1n) is 5.43. The highest BCUT2D eigenvalue weighted by Gasteiger charge is 2.18. The second-order valence-corrected chi connectivity index (χ2v) is 5.50. The van der Waals surface area contributed by atoms with Crippen LogP contribution in [0.3, 0.4) is 0 Å². The lowest BCUT2D eigenvalue weighted by molar-refractivity contribution is 0.169. The molecule has 3 rings (SSSR count). The Kier molecular flexibility index (Phi) is 3.11. The third-order valence-electron chi connectivity index (χ3n) is 2.61. The average molecular weight is 284 g/mol.